The standard InChI is InChI=1S/C14H21F2N3O/c1-9-3-5-14(20,6-4-9)8-18-13-11(16)7-10(15)12(17-2)19-13/h7,9,20H,3-6,8H2,1-2H3,(H2,17,18,19). The number of aliphatic hydroxyl groups is 1. The Kier molecular flexibility index (Phi) is 4.42. The number of halogens is 2. The van der Waals surface area contributed by atoms with Gasteiger partial charge in [-0.1, -0.05) is 6.92 Å². The minimum absolute atomic E-state index is 0.0156. The van der Waals surface area contributed by atoms with Crippen molar-refractivity contribution in [2.75, 3.05) is 24.2 Å². The molecule has 1 saturated carbocycles. The lowest BCUT2D eigenvalue weighted by Gasteiger charge is -2.35. The molecule has 1 aliphatic rings. The highest BCUT2D eigenvalue weighted by atomic mass is 19.1. The van der Waals surface area contributed by atoms with Crippen LogP contribution in [0, 0.1) is 17.6 Å². The molecule has 4 nitrogen and oxygen atoms in total. The summed E-state index contributed by atoms with van der Waals surface area (Å²) in [7, 11) is 1.52. The van der Waals surface area contributed by atoms with Crippen molar-refractivity contribution in [2.24, 2.45) is 5.92 Å². The molecular weight excluding hydrogens is 264 g/mol. The van der Waals surface area contributed by atoms with Crippen molar-refractivity contribution in [3.8, 4) is 0 Å². The molecular formula is C14H21F2N3O. The second kappa shape index (κ2) is 5.91. The number of nitrogens with one attached hydrogen (secondary N) is 2. The summed E-state index contributed by atoms with van der Waals surface area (Å²) in [6, 6.07) is 0.786. The number of pyridine rings is 1. The molecule has 0 spiro atoms. The third kappa shape index (κ3) is 3.36. The summed E-state index contributed by atoms with van der Waals surface area (Å²) in [6.07, 6.45) is 3.28. The van der Waals surface area contributed by atoms with E-state index in [9.17, 15) is 13.9 Å². The van der Waals surface area contributed by atoms with Crippen LogP contribution in [0.25, 0.3) is 0 Å². The van der Waals surface area contributed by atoms with Gasteiger partial charge in [-0.05, 0) is 31.6 Å². The molecule has 1 aliphatic carbocycles. The Morgan fingerprint density at radius 2 is 1.90 bits per heavy atom. The van der Waals surface area contributed by atoms with Crippen LogP contribution in [0.4, 0.5) is 20.4 Å². The normalized spacial score (nSPS) is 26.4. The van der Waals surface area contributed by atoms with Crippen molar-refractivity contribution in [1.82, 2.24) is 4.98 Å². The number of hydrogen-bond donors (Lipinski definition) is 3. The van der Waals surface area contributed by atoms with Gasteiger partial charge in [0.2, 0.25) is 0 Å². The van der Waals surface area contributed by atoms with E-state index < -0.39 is 17.2 Å². The van der Waals surface area contributed by atoms with Crippen LogP contribution in [0.15, 0.2) is 6.07 Å². The molecule has 1 heterocycles. The third-order valence-corrected chi connectivity index (χ3v) is 3.96. The van der Waals surface area contributed by atoms with Crippen molar-refractivity contribution in [3.63, 3.8) is 0 Å². The zero-order valence-electron chi connectivity index (χ0n) is 11.8. The zero-order chi connectivity index (χ0) is 14.8. The molecule has 0 aromatic carbocycles. The van der Waals surface area contributed by atoms with Crippen molar-refractivity contribution < 1.29 is 13.9 Å². The van der Waals surface area contributed by atoms with E-state index in [0.29, 0.717) is 18.8 Å². The van der Waals surface area contributed by atoms with Gasteiger partial charge in [0, 0.05) is 19.7 Å². The first-order valence-corrected chi connectivity index (χ1v) is 6.93. The summed E-state index contributed by atoms with van der Waals surface area (Å²) in [5.74, 6) is -0.928. The van der Waals surface area contributed by atoms with Crippen LogP contribution in [0.2, 0.25) is 0 Å². The lowest BCUT2D eigenvalue weighted by atomic mass is 9.79. The van der Waals surface area contributed by atoms with Crippen molar-refractivity contribution in [3.05, 3.63) is 17.7 Å². The average molecular weight is 285 g/mol. The minimum Gasteiger partial charge on any atom is -0.388 e. The van der Waals surface area contributed by atoms with Crippen LogP contribution in [0.1, 0.15) is 32.6 Å². The van der Waals surface area contributed by atoms with Gasteiger partial charge in [-0.2, -0.15) is 0 Å². The van der Waals surface area contributed by atoms with Crippen LogP contribution in [0.3, 0.4) is 0 Å². The fraction of sp³-hybridized carbons (Fsp3) is 0.643. The molecule has 0 unspecified atom stereocenters. The number of nitrogens with zero attached hydrogens (tertiary/aromatic N) is 1. The molecule has 20 heavy (non-hydrogen) atoms. The van der Waals surface area contributed by atoms with E-state index in [1.807, 2.05) is 0 Å². The van der Waals surface area contributed by atoms with Crippen molar-refractivity contribution in [1.29, 1.82) is 0 Å². The SMILES string of the molecule is CNc1nc(NCC2(O)CCC(C)CC2)c(F)cc1F. The number of hydrogen-bond acceptors (Lipinski definition) is 4. The van der Waals surface area contributed by atoms with E-state index >= 15 is 0 Å². The fourth-order valence-electron chi connectivity index (χ4n) is 2.49. The molecule has 1 fully saturated rings. The highest BCUT2D eigenvalue weighted by molar-refractivity contribution is 5.47. The molecule has 2 rings (SSSR count). The molecule has 0 radical (unpaired) electrons. The monoisotopic (exact) mass is 285 g/mol. The second-order valence-corrected chi connectivity index (χ2v) is 5.66. The number of aromatic nitrogens is 1. The van der Waals surface area contributed by atoms with E-state index in [4.69, 9.17) is 0 Å². The lowest BCUT2D eigenvalue weighted by Crippen LogP contribution is -2.40. The van der Waals surface area contributed by atoms with E-state index in [0.717, 1.165) is 18.9 Å². The maximum atomic E-state index is 13.6. The summed E-state index contributed by atoms with van der Waals surface area (Å²) in [4.78, 5) is 3.84. The van der Waals surface area contributed by atoms with Gasteiger partial charge in [0.1, 0.15) is 0 Å². The largest absolute Gasteiger partial charge is 0.388 e. The topological polar surface area (TPSA) is 57.2 Å². The van der Waals surface area contributed by atoms with Crippen LogP contribution >= 0.6 is 0 Å². The van der Waals surface area contributed by atoms with Gasteiger partial charge in [0.05, 0.1) is 5.60 Å². The lowest BCUT2D eigenvalue weighted by molar-refractivity contribution is 0.00490. The Balaban J connectivity index is 2.03. The first kappa shape index (κ1) is 15.0. The van der Waals surface area contributed by atoms with E-state index in [2.05, 4.69) is 22.5 Å². The van der Waals surface area contributed by atoms with Gasteiger partial charge in [-0.3, -0.25) is 0 Å². The van der Waals surface area contributed by atoms with E-state index in [1.54, 1.807) is 0 Å². The molecule has 3 N–H and O–H groups in total. The molecule has 1 aromatic heterocycles. The Bertz CT molecular complexity index is 474. The Morgan fingerprint density at radius 1 is 1.30 bits per heavy atom. The van der Waals surface area contributed by atoms with Crippen LogP contribution < -0.4 is 10.6 Å². The average Bonchev–Trinajstić information content (AvgIpc) is 2.42. The summed E-state index contributed by atoms with van der Waals surface area (Å²) in [5, 5.41) is 15.8. The Hall–Kier alpha value is -1.43. The fourth-order valence-corrected chi connectivity index (χ4v) is 2.49. The van der Waals surface area contributed by atoms with Gasteiger partial charge in [-0.25, -0.2) is 13.8 Å². The van der Waals surface area contributed by atoms with Crippen molar-refractivity contribution in [2.45, 2.75) is 38.2 Å². The van der Waals surface area contributed by atoms with Crippen LogP contribution in [-0.4, -0.2) is 29.3 Å². The number of anilines is 2. The third-order valence-electron chi connectivity index (χ3n) is 3.96. The summed E-state index contributed by atoms with van der Waals surface area (Å²) >= 11 is 0. The predicted octanol–water partition coefficient (Wildman–Crippen LogP) is 2.75. The molecule has 0 bridgehead atoms. The van der Waals surface area contributed by atoms with E-state index in [1.165, 1.54) is 7.05 Å². The molecule has 0 amide bonds. The first-order valence-electron chi connectivity index (χ1n) is 6.93. The predicted molar refractivity (Wildman–Crippen MR) is 74.8 cm³/mol. The second-order valence-electron chi connectivity index (χ2n) is 5.66. The van der Waals surface area contributed by atoms with Gasteiger partial charge in [-0.15, -0.1) is 0 Å². The molecule has 0 saturated heterocycles. The maximum Gasteiger partial charge on any atom is 0.168 e. The van der Waals surface area contributed by atoms with Gasteiger partial charge in [0.25, 0.3) is 0 Å². The smallest absolute Gasteiger partial charge is 0.168 e. The Morgan fingerprint density at radius 3 is 2.50 bits per heavy atom. The van der Waals surface area contributed by atoms with Crippen molar-refractivity contribution >= 4 is 11.6 Å². The van der Waals surface area contributed by atoms with Gasteiger partial charge in [0.15, 0.2) is 23.3 Å². The number of rotatable bonds is 4. The van der Waals surface area contributed by atoms with Gasteiger partial charge < -0.3 is 15.7 Å². The maximum absolute atomic E-state index is 13.6. The Labute approximate surface area is 117 Å². The molecule has 1 aromatic rings. The van der Waals surface area contributed by atoms with Gasteiger partial charge >= 0.3 is 0 Å². The summed E-state index contributed by atoms with van der Waals surface area (Å²) < 4.78 is 26.9. The van der Waals surface area contributed by atoms with Crippen LogP contribution in [-0.2, 0) is 0 Å². The first-order chi connectivity index (χ1) is 9.43. The minimum atomic E-state index is -0.838. The summed E-state index contributed by atoms with van der Waals surface area (Å²) in [6.45, 7) is 2.38. The zero-order valence-corrected chi connectivity index (χ0v) is 11.8. The molecule has 112 valence electrons. The highest BCUT2D eigenvalue weighted by Crippen LogP contribution is 2.32. The molecule has 0 atom stereocenters. The highest BCUT2D eigenvalue weighted by Gasteiger charge is 2.31. The quantitative estimate of drug-likeness (QED) is 0.796. The van der Waals surface area contributed by atoms with Crippen LogP contribution in [0.5, 0.6) is 0 Å². The van der Waals surface area contributed by atoms with E-state index in [-0.39, 0.29) is 18.2 Å². The summed E-state index contributed by atoms with van der Waals surface area (Å²) in [5.41, 5.74) is -0.838. The molecule has 6 heteroatoms. The molecule has 0 aliphatic heterocycles.